The lowest BCUT2D eigenvalue weighted by molar-refractivity contribution is 0.612. The monoisotopic (exact) mass is 318 g/mol. The second-order valence-electron chi connectivity index (χ2n) is 6.39. The van der Waals surface area contributed by atoms with Gasteiger partial charge in [-0.3, -0.25) is 9.91 Å². The lowest BCUT2D eigenvalue weighted by atomic mass is 10.1. The second kappa shape index (κ2) is 5.41. The van der Waals surface area contributed by atoms with Crippen molar-refractivity contribution in [1.82, 2.24) is 9.66 Å². The van der Waals surface area contributed by atoms with Gasteiger partial charge in [0.1, 0.15) is 6.17 Å². The fraction of sp³-hybridized carbons (Fsp3) is 0.250. The van der Waals surface area contributed by atoms with Gasteiger partial charge in [-0.25, -0.2) is 9.66 Å². The first-order valence-corrected chi connectivity index (χ1v) is 8.32. The van der Waals surface area contributed by atoms with E-state index in [4.69, 9.17) is 4.98 Å². The topological polar surface area (TPSA) is 24.3 Å². The third-order valence-electron chi connectivity index (χ3n) is 4.93. The highest BCUT2D eigenvalue weighted by Crippen LogP contribution is 2.38. The molecule has 4 nitrogen and oxygen atoms in total. The summed E-state index contributed by atoms with van der Waals surface area (Å²) < 4.78 is 2.22. The van der Waals surface area contributed by atoms with Crippen molar-refractivity contribution in [2.75, 3.05) is 17.0 Å². The molecule has 122 valence electrons. The minimum absolute atomic E-state index is 0.220. The molecular formula is C20H22N4. The van der Waals surface area contributed by atoms with Crippen LogP contribution in [0.15, 0.2) is 54.6 Å². The van der Waals surface area contributed by atoms with Gasteiger partial charge in [0.15, 0.2) is 0 Å². The number of aromatic nitrogens is 2. The molecule has 0 spiro atoms. The van der Waals surface area contributed by atoms with Crippen LogP contribution in [0.3, 0.4) is 0 Å². The summed E-state index contributed by atoms with van der Waals surface area (Å²) in [6.45, 7) is 6.50. The predicted molar refractivity (Wildman–Crippen MR) is 99.3 cm³/mol. The van der Waals surface area contributed by atoms with Gasteiger partial charge in [0, 0.05) is 18.3 Å². The SMILES string of the molecule is Cc1ccccc1N1c2nc(-c3ccccc3)c(C)n2N(C)[C@@H]1C. The first kappa shape index (κ1) is 14.8. The minimum atomic E-state index is 0.220. The van der Waals surface area contributed by atoms with Crippen molar-refractivity contribution in [3.8, 4) is 11.3 Å². The highest BCUT2D eigenvalue weighted by molar-refractivity contribution is 5.71. The average Bonchev–Trinajstić information content (AvgIpc) is 3.05. The van der Waals surface area contributed by atoms with Crippen molar-refractivity contribution >= 4 is 11.6 Å². The quantitative estimate of drug-likeness (QED) is 0.706. The molecule has 0 bridgehead atoms. The molecule has 0 saturated heterocycles. The summed E-state index contributed by atoms with van der Waals surface area (Å²) in [5, 5.41) is 2.25. The zero-order chi connectivity index (χ0) is 16.8. The summed E-state index contributed by atoms with van der Waals surface area (Å²) in [7, 11) is 2.12. The number of rotatable bonds is 2. The summed E-state index contributed by atoms with van der Waals surface area (Å²) in [6, 6.07) is 18.9. The van der Waals surface area contributed by atoms with E-state index < -0.39 is 0 Å². The Bertz CT molecular complexity index is 882. The highest BCUT2D eigenvalue weighted by atomic mass is 15.7. The van der Waals surface area contributed by atoms with E-state index in [9.17, 15) is 0 Å². The van der Waals surface area contributed by atoms with Gasteiger partial charge in [0.05, 0.1) is 11.4 Å². The molecule has 0 saturated carbocycles. The van der Waals surface area contributed by atoms with Crippen LogP contribution in [0, 0.1) is 13.8 Å². The molecule has 0 aliphatic carbocycles. The molecular weight excluding hydrogens is 296 g/mol. The average molecular weight is 318 g/mol. The lowest BCUT2D eigenvalue weighted by Crippen LogP contribution is -2.40. The van der Waals surface area contributed by atoms with Crippen molar-refractivity contribution in [3.63, 3.8) is 0 Å². The smallest absolute Gasteiger partial charge is 0.231 e. The Morgan fingerprint density at radius 3 is 2.29 bits per heavy atom. The number of benzene rings is 2. The number of hydrogen-bond acceptors (Lipinski definition) is 3. The standard InChI is InChI=1S/C20H22N4/c1-14-10-8-9-13-18(14)23-16(3)22(4)24-15(2)19(21-20(23)24)17-11-6-5-7-12-17/h5-13,16H,1-4H3/t16-/m0/s1. The fourth-order valence-corrected chi connectivity index (χ4v) is 3.53. The highest BCUT2D eigenvalue weighted by Gasteiger charge is 2.36. The number of para-hydroxylation sites is 1. The molecule has 1 aliphatic rings. The van der Waals surface area contributed by atoms with Crippen molar-refractivity contribution < 1.29 is 0 Å². The number of nitrogens with zero attached hydrogens (tertiary/aromatic N) is 4. The third-order valence-corrected chi connectivity index (χ3v) is 4.93. The molecule has 1 aromatic heterocycles. The number of hydrogen-bond donors (Lipinski definition) is 0. The zero-order valence-corrected chi connectivity index (χ0v) is 14.6. The number of imidazole rings is 1. The normalized spacial score (nSPS) is 16.6. The van der Waals surface area contributed by atoms with Gasteiger partial charge in [0.25, 0.3) is 0 Å². The van der Waals surface area contributed by atoms with Crippen LogP contribution >= 0.6 is 0 Å². The molecule has 0 N–H and O–H groups in total. The van der Waals surface area contributed by atoms with Gasteiger partial charge in [-0.05, 0) is 32.4 Å². The molecule has 0 amide bonds. The van der Waals surface area contributed by atoms with Crippen LogP contribution in [0.4, 0.5) is 11.6 Å². The molecule has 0 radical (unpaired) electrons. The maximum absolute atomic E-state index is 5.01. The fourth-order valence-electron chi connectivity index (χ4n) is 3.53. The number of anilines is 2. The van der Waals surface area contributed by atoms with Crippen molar-refractivity contribution in [2.24, 2.45) is 0 Å². The van der Waals surface area contributed by atoms with E-state index in [1.165, 1.54) is 16.9 Å². The van der Waals surface area contributed by atoms with Gasteiger partial charge in [-0.1, -0.05) is 48.5 Å². The van der Waals surface area contributed by atoms with Crippen LogP contribution in [-0.2, 0) is 0 Å². The Morgan fingerprint density at radius 2 is 1.58 bits per heavy atom. The van der Waals surface area contributed by atoms with Gasteiger partial charge >= 0.3 is 0 Å². The molecule has 2 heterocycles. The second-order valence-corrected chi connectivity index (χ2v) is 6.39. The van der Waals surface area contributed by atoms with Crippen LogP contribution in [0.1, 0.15) is 18.2 Å². The van der Waals surface area contributed by atoms with Crippen LogP contribution in [0.25, 0.3) is 11.3 Å². The summed E-state index contributed by atoms with van der Waals surface area (Å²) in [4.78, 5) is 7.32. The van der Waals surface area contributed by atoms with Gasteiger partial charge in [0.2, 0.25) is 5.95 Å². The molecule has 0 unspecified atom stereocenters. The largest absolute Gasteiger partial charge is 0.290 e. The Balaban J connectivity index is 1.90. The first-order chi connectivity index (χ1) is 11.6. The van der Waals surface area contributed by atoms with E-state index in [1.807, 2.05) is 6.07 Å². The maximum atomic E-state index is 5.01. The predicted octanol–water partition coefficient (Wildman–Crippen LogP) is 4.23. The zero-order valence-electron chi connectivity index (χ0n) is 14.6. The summed E-state index contributed by atoms with van der Waals surface area (Å²) in [5.74, 6) is 0.982. The molecule has 1 atom stereocenters. The Labute approximate surface area is 142 Å². The van der Waals surface area contributed by atoms with E-state index in [0.29, 0.717) is 0 Å². The maximum Gasteiger partial charge on any atom is 0.231 e. The van der Waals surface area contributed by atoms with Gasteiger partial charge in [-0.2, -0.15) is 0 Å². The van der Waals surface area contributed by atoms with Crippen molar-refractivity contribution in [2.45, 2.75) is 26.9 Å². The summed E-state index contributed by atoms with van der Waals surface area (Å²) in [5.41, 5.74) is 5.83. The molecule has 0 fully saturated rings. The molecule has 4 rings (SSSR count). The Kier molecular flexibility index (Phi) is 3.34. The summed E-state index contributed by atoms with van der Waals surface area (Å²) >= 11 is 0. The van der Waals surface area contributed by atoms with Crippen LogP contribution < -0.4 is 9.91 Å². The minimum Gasteiger partial charge on any atom is -0.290 e. The number of aryl methyl sites for hydroxylation is 1. The molecule has 1 aliphatic heterocycles. The third kappa shape index (κ3) is 2.03. The van der Waals surface area contributed by atoms with E-state index in [0.717, 1.165) is 17.2 Å². The molecule has 24 heavy (non-hydrogen) atoms. The Hall–Kier alpha value is -2.75. The van der Waals surface area contributed by atoms with Gasteiger partial charge in [-0.15, -0.1) is 0 Å². The van der Waals surface area contributed by atoms with E-state index >= 15 is 0 Å². The van der Waals surface area contributed by atoms with E-state index in [2.05, 4.69) is 90.9 Å². The molecule has 4 heteroatoms. The van der Waals surface area contributed by atoms with Gasteiger partial charge < -0.3 is 0 Å². The van der Waals surface area contributed by atoms with E-state index in [-0.39, 0.29) is 6.17 Å². The first-order valence-electron chi connectivity index (χ1n) is 8.32. The molecule has 2 aromatic carbocycles. The van der Waals surface area contributed by atoms with Crippen LogP contribution in [-0.4, -0.2) is 22.9 Å². The molecule has 3 aromatic rings. The van der Waals surface area contributed by atoms with Crippen molar-refractivity contribution in [1.29, 1.82) is 0 Å². The Morgan fingerprint density at radius 1 is 0.917 bits per heavy atom. The summed E-state index contributed by atoms with van der Waals surface area (Å²) in [6.07, 6.45) is 0.220. The van der Waals surface area contributed by atoms with E-state index in [1.54, 1.807) is 0 Å². The van der Waals surface area contributed by atoms with Crippen molar-refractivity contribution in [3.05, 3.63) is 65.9 Å². The van der Waals surface area contributed by atoms with Crippen LogP contribution in [0.5, 0.6) is 0 Å². The number of fused-ring (bicyclic) bond motifs is 1. The lowest BCUT2D eigenvalue weighted by Gasteiger charge is -2.27. The van der Waals surface area contributed by atoms with Crippen LogP contribution in [0.2, 0.25) is 0 Å².